The third-order valence-electron chi connectivity index (χ3n) is 2.41. The number of nitrogens with one attached hydrogen (secondary N) is 1. The number of carbonyl (C=O) groups is 1. The Bertz CT molecular complexity index is 394. The molecule has 5 nitrogen and oxygen atoms in total. The molecular formula is C9H13I2N3O2. The Hall–Kier alpha value is 0.1000. The molecule has 0 aliphatic carbocycles. The summed E-state index contributed by atoms with van der Waals surface area (Å²) in [4.78, 5) is 15.8. The average Bonchev–Trinajstić information content (AvgIpc) is 2.59. The number of ether oxygens (including phenoxy) is 1. The number of aromatic nitrogens is 2. The molecule has 0 saturated heterocycles. The number of hydrogen-bond acceptors (Lipinski definition) is 4. The van der Waals surface area contributed by atoms with Gasteiger partial charge in [-0.3, -0.25) is 0 Å². The molecule has 90 valence electrons. The molecule has 1 aromatic rings. The molecule has 0 fully saturated rings. The van der Waals surface area contributed by atoms with Crippen LogP contribution in [0.3, 0.4) is 0 Å². The average molecular weight is 449 g/mol. The number of esters is 1. The van der Waals surface area contributed by atoms with Crippen molar-refractivity contribution in [2.24, 2.45) is 0 Å². The van der Waals surface area contributed by atoms with E-state index in [2.05, 4.69) is 55.5 Å². The van der Waals surface area contributed by atoms with Crippen LogP contribution in [0, 0.1) is 7.40 Å². The summed E-state index contributed by atoms with van der Waals surface area (Å²) in [7, 11) is 3.13. The van der Waals surface area contributed by atoms with Crippen molar-refractivity contribution in [3.05, 3.63) is 13.7 Å². The Morgan fingerprint density at radius 2 is 2.31 bits per heavy atom. The first-order valence-electron chi connectivity index (χ1n) is 4.58. The normalized spacial score (nSPS) is 14.6. The molecule has 0 aromatic carbocycles. The van der Waals surface area contributed by atoms with Crippen molar-refractivity contribution in [1.29, 1.82) is 0 Å². The second-order valence-corrected chi connectivity index (χ2v) is 5.57. The lowest BCUT2D eigenvalue weighted by molar-refractivity contribution is -0.148. The van der Waals surface area contributed by atoms with E-state index in [1.807, 2.05) is 11.5 Å². The molecule has 16 heavy (non-hydrogen) atoms. The second-order valence-electron chi connectivity index (χ2n) is 3.53. The summed E-state index contributed by atoms with van der Waals surface area (Å²) in [5, 5.41) is 2.99. The van der Waals surface area contributed by atoms with Gasteiger partial charge in [0.15, 0.2) is 0 Å². The first kappa shape index (κ1) is 14.2. The number of halogens is 2. The fraction of sp³-hybridized carbons (Fsp3) is 0.556. The molecule has 1 heterocycles. The van der Waals surface area contributed by atoms with Gasteiger partial charge in [-0.1, -0.05) is 0 Å². The van der Waals surface area contributed by atoms with Crippen LogP contribution in [0.25, 0.3) is 0 Å². The van der Waals surface area contributed by atoms with Crippen LogP contribution in [0.15, 0.2) is 6.33 Å². The van der Waals surface area contributed by atoms with Crippen LogP contribution in [0.2, 0.25) is 0 Å². The van der Waals surface area contributed by atoms with Crippen LogP contribution in [-0.4, -0.2) is 35.2 Å². The molecule has 0 aliphatic rings. The molecule has 0 radical (unpaired) electrons. The lowest BCUT2D eigenvalue weighted by atomic mass is 10.0. The van der Waals surface area contributed by atoms with Gasteiger partial charge in [-0.15, -0.1) is 0 Å². The van der Waals surface area contributed by atoms with E-state index in [4.69, 9.17) is 4.74 Å². The zero-order chi connectivity index (χ0) is 12.3. The van der Waals surface area contributed by atoms with Crippen LogP contribution < -0.4 is 5.32 Å². The zero-order valence-electron chi connectivity index (χ0n) is 9.25. The lowest BCUT2D eigenvalue weighted by Gasteiger charge is -2.26. The summed E-state index contributed by atoms with van der Waals surface area (Å²) in [5.74, 6) is -0.283. The molecule has 1 unspecified atom stereocenters. The van der Waals surface area contributed by atoms with E-state index in [1.165, 1.54) is 7.11 Å². The van der Waals surface area contributed by atoms with Crippen molar-refractivity contribution in [2.75, 3.05) is 14.2 Å². The van der Waals surface area contributed by atoms with Gasteiger partial charge in [-0.25, -0.2) is 9.78 Å². The number of methoxy groups -OCH3 is 1. The van der Waals surface area contributed by atoms with Crippen LogP contribution >= 0.6 is 45.2 Å². The molecule has 1 aromatic heterocycles. The molecular weight excluding hydrogens is 436 g/mol. The zero-order valence-corrected chi connectivity index (χ0v) is 13.6. The SMILES string of the molecule is CNC(C)(Cn1cnc(I)c1I)C(=O)OC. The summed E-state index contributed by atoms with van der Waals surface area (Å²) >= 11 is 4.36. The Morgan fingerprint density at radius 3 is 2.69 bits per heavy atom. The van der Waals surface area contributed by atoms with E-state index in [0.29, 0.717) is 6.54 Å². The first-order chi connectivity index (χ1) is 7.44. The molecule has 0 aliphatic heterocycles. The highest BCUT2D eigenvalue weighted by atomic mass is 127. The standard InChI is InChI=1S/C9H13I2N3O2/c1-9(12-2,8(15)16-3)4-14-5-13-6(10)7(14)11/h5,12H,4H2,1-3H3. The van der Waals surface area contributed by atoms with E-state index >= 15 is 0 Å². The summed E-state index contributed by atoms with van der Waals surface area (Å²) in [6.07, 6.45) is 1.72. The first-order valence-corrected chi connectivity index (χ1v) is 6.74. The van der Waals surface area contributed by atoms with E-state index in [0.717, 1.165) is 7.40 Å². The maximum absolute atomic E-state index is 11.7. The van der Waals surface area contributed by atoms with Crippen LogP contribution in [0.1, 0.15) is 6.92 Å². The largest absolute Gasteiger partial charge is 0.468 e. The van der Waals surface area contributed by atoms with Crippen molar-refractivity contribution in [2.45, 2.75) is 19.0 Å². The fourth-order valence-electron chi connectivity index (χ4n) is 1.26. The number of likely N-dealkylation sites (N-methyl/N-ethyl adjacent to an activating group) is 1. The minimum absolute atomic E-state index is 0.283. The maximum atomic E-state index is 11.7. The summed E-state index contributed by atoms with van der Waals surface area (Å²) in [5.41, 5.74) is -0.738. The molecule has 1 atom stereocenters. The summed E-state index contributed by atoms with van der Waals surface area (Å²) in [6, 6.07) is 0. The second kappa shape index (κ2) is 5.63. The molecule has 1 rings (SSSR count). The van der Waals surface area contributed by atoms with Gasteiger partial charge in [0.05, 0.1) is 20.0 Å². The predicted molar refractivity (Wildman–Crippen MR) is 77.1 cm³/mol. The lowest BCUT2D eigenvalue weighted by Crippen LogP contribution is -2.51. The van der Waals surface area contributed by atoms with Gasteiger partial charge in [0.25, 0.3) is 0 Å². The highest BCUT2D eigenvalue weighted by Gasteiger charge is 2.33. The molecule has 0 spiro atoms. The topological polar surface area (TPSA) is 56.2 Å². The van der Waals surface area contributed by atoms with Gasteiger partial charge >= 0.3 is 5.97 Å². The van der Waals surface area contributed by atoms with Crippen molar-refractivity contribution >= 4 is 51.2 Å². The minimum atomic E-state index is -0.738. The van der Waals surface area contributed by atoms with Crippen LogP contribution in [-0.2, 0) is 16.1 Å². The third-order valence-corrected chi connectivity index (χ3v) is 5.36. The van der Waals surface area contributed by atoms with Gasteiger partial charge < -0.3 is 14.6 Å². The van der Waals surface area contributed by atoms with Crippen molar-refractivity contribution in [3.63, 3.8) is 0 Å². The number of hydrogen-bond donors (Lipinski definition) is 1. The minimum Gasteiger partial charge on any atom is -0.468 e. The monoisotopic (exact) mass is 449 g/mol. The van der Waals surface area contributed by atoms with Crippen LogP contribution in [0.4, 0.5) is 0 Å². The molecule has 0 bridgehead atoms. The van der Waals surface area contributed by atoms with Crippen molar-refractivity contribution in [1.82, 2.24) is 14.9 Å². The third kappa shape index (κ3) is 2.86. The maximum Gasteiger partial charge on any atom is 0.327 e. The van der Waals surface area contributed by atoms with Crippen molar-refractivity contribution < 1.29 is 9.53 Å². The highest BCUT2D eigenvalue weighted by molar-refractivity contribution is 14.1. The summed E-state index contributed by atoms with van der Waals surface area (Å²) < 4.78 is 8.66. The Kier molecular flexibility index (Phi) is 4.98. The molecule has 7 heteroatoms. The number of rotatable bonds is 4. The van der Waals surface area contributed by atoms with Gasteiger partial charge in [-0.05, 0) is 59.2 Å². The van der Waals surface area contributed by atoms with E-state index in [1.54, 1.807) is 13.4 Å². The van der Waals surface area contributed by atoms with Gasteiger partial charge in [-0.2, -0.15) is 0 Å². The van der Waals surface area contributed by atoms with Crippen molar-refractivity contribution in [3.8, 4) is 0 Å². The Morgan fingerprint density at radius 1 is 1.69 bits per heavy atom. The Balaban J connectivity index is 2.93. The van der Waals surface area contributed by atoms with E-state index in [-0.39, 0.29) is 5.97 Å². The van der Waals surface area contributed by atoms with E-state index < -0.39 is 5.54 Å². The van der Waals surface area contributed by atoms with Gasteiger partial charge in [0.1, 0.15) is 12.9 Å². The smallest absolute Gasteiger partial charge is 0.327 e. The number of imidazole rings is 1. The molecule has 0 saturated carbocycles. The number of nitrogens with zero attached hydrogens (tertiary/aromatic N) is 2. The van der Waals surface area contributed by atoms with Gasteiger partial charge in [0, 0.05) is 0 Å². The predicted octanol–water partition coefficient (Wildman–Crippen LogP) is 1.24. The highest BCUT2D eigenvalue weighted by Crippen LogP contribution is 2.17. The quantitative estimate of drug-likeness (QED) is 0.556. The van der Waals surface area contributed by atoms with E-state index in [9.17, 15) is 4.79 Å². The number of carbonyl (C=O) groups excluding carboxylic acids is 1. The molecule has 0 amide bonds. The van der Waals surface area contributed by atoms with Crippen LogP contribution in [0.5, 0.6) is 0 Å². The molecule has 1 N–H and O–H groups in total. The van der Waals surface area contributed by atoms with Gasteiger partial charge in [0.2, 0.25) is 0 Å². The fourth-order valence-corrected chi connectivity index (χ4v) is 2.13. The summed E-state index contributed by atoms with van der Waals surface area (Å²) in [6.45, 7) is 2.30. The Labute approximate surface area is 122 Å².